The first kappa shape index (κ1) is 14.9. The highest BCUT2D eigenvalue weighted by molar-refractivity contribution is 5.79. The van der Waals surface area contributed by atoms with Gasteiger partial charge in [0, 0.05) is 13.0 Å². The van der Waals surface area contributed by atoms with Crippen molar-refractivity contribution in [2.24, 2.45) is 5.92 Å². The van der Waals surface area contributed by atoms with Crippen molar-refractivity contribution in [1.82, 2.24) is 4.90 Å². The first-order valence-electron chi connectivity index (χ1n) is 7.65. The van der Waals surface area contributed by atoms with E-state index in [1.54, 1.807) is 12.1 Å². The van der Waals surface area contributed by atoms with Gasteiger partial charge in [-0.1, -0.05) is 37.8 Å². The Morgan fingerprint density at radius 2 is 1.70 bits per heavy atom. The molecule has 20 heavy (non-hydrogen) atoms. The topological polar surface area (TPSA) is 40.5 Å². The van der Waals surface area contributed by atoms with E-state index in [9.17, 15) is 9.90 Å². The third-order valence-electron chi connectivity index (χ3n) is 4.51. The normalized spacial score (nSPS) is 18.3. The summed E-state index contributed by atoms with van der Waals surface area (Å²) in [6, 6.07) is 7.17. The molecule has 1 amide bonds. The van der Waals surface area contributed by atoms with Crippen LogP contribution in [-0.4, -0.2) is 23.0 Å². The van der Waals surface area contributed by atoms with Crippen LogP contribution in [0.25, 0.3) is 0 Å². The molecular formula is C17H25NO2. The molecule has 1 N–H and O–H groups in total. The van der Waals surface area contributed by atoms with Gasteiger partial charge in [0.15, 0.2) is 0 Å². The number of nitrogens with zero attached hydrogens (tertiary/aromatic N) is 1. The quantitative estimate of drug-likeness (QED) is 0.850. The first-order valence-corrected chi connectivity index (χ1v) is 7.65. The van der Waals surface area contributed by atoms with Crippen LogP contribution in [0.2, 0.25) is 0 Å². The molecule has 3 heteroatoms. The van der Waals surface area contributed by atoms with E-state index in [-0.39, 0.29) is 23.6 Å². The van der Waals surface area contributed by atoms with Crippen LogP contribution in [0.15, 0.2) is 24.3 Å². The lowest BCUT2D eigenvalue weighted by Crippen LogP contribution is -2.34. The van der Waals surface area contributed by atoms with Crippen LogP contribution in [0, 0.1) is 5.92 Å². The Kier molecular flexibility index (Phi) is 5.05. The molecule has 1 aliphatic carbocycles. The number of hydrogen-bond acceptors (Lipinski definition) is 2. The van der Waals surface area contributed by atoms with Crippen LogP contribution in [0.1, 0.15) is 57.1 Å². The summed E-state index contributed by atoms with van der Waals surface area (Å²) in [6.45, 7) is 2.04. The second-order valence-electron chi connectivity index (χ2n) is 5.91. The summed E-state index contributed by atoms with van der Waals surface area (Å²) in [7, 11) is 1.89. The maximum atomic E-state index is 12.6. The fourth-order valence-corrected chi connectivity index (χ4v) is 2.98. The molecule has 110 valence electrons. The zero-order valence-electron chi connectivity index (χ0n) is 12.5. The minimum atomic E-state index is 0.0475. The second kappa shape index (κ2) is 6.78. The van der Waals surface area contributed by atoms with E-state index in [1.165, 1.54) is 25.7 Å². The predicted molar refractivity (Wildman–Crippen MR) is 80.5 cm³/mol. The summed E-state index contributed by atoms with van der Waals surface area (Å²) >= 11 is 0. The van der Waals surface area contributed by atoms with Crippen LogP contribution >= 0.6 is 0 Å². The highest BCUT2D eigenvalue weighted by Crippen LogP contribution is 2.28. The van der Waals surface area contributed by atoms with Gasteiger partial charge in [-0.2, -0.15) is 0 Å². The molecule has 0 saturated heterocycles. The standard InChI is InChI=1S/C17H25NO2/c1-13(14-9-11-16(19)12-10-14)18(2)17(20)15-7-5-3-4-6-8-15/h9-13,15,19H,3-8H2,1-2H3. The molecule has 1 saturated carbocycles. The molecule has 0 aromatic heterocycles. The number of phenols is 1. The first-order chi connectivity index (χ1) is 9.59. The molecule has 3 nitrogen and oxygen atoms in total. The SMILES string of the molecule is CC(c1ccc(O)cc1)N(C)C(=O)C1CCCCCC1. The Morgan fingerprint density at radius 3 is 2.25 bits per heavy atom. The van der Waals surface area contributed by atoms with Gasteiger partial charge in [0.25, 0.3) is 0 Å². The molecular weight excluding hydrogens is 250 g/mol. The number of aromatic hydroxyl groups is 1. The van der Waals surface area contributed by atoms with Crippen molar-refractivity contribution in [2.45, 2.75) is 51.5 Å². The number of hydrogen-bond donors (Lipinski definition) is 1. The Labute approximate surface area is 121 Å². The summed E-state index contributed by atoms with van der Waals surface area (Å²) in [5.74, 6) is 0.730. The summed E-state index contributed by atoms with van der Waals surface area (Å²) in [4.78, 5) is 14.5. The lowest BCUT2D eigenvalue weighted by molar-refractivity contribution is -0.136. The third kappa shape index (κ3) is 3.53. The van der Waals surface area contributed by atoms with E-state index in [0.29, 0.717) is 0 Å². The zero-order chi connectivity index (χ0) is 14.5. The van der Waals surface area contributed by atoms with Crippen molar-refractivity contribution in [2.75, 3.05) is 7.05 Å². The van der Waals surface area contributed by atoms with Crippen LogP contribution in [0.3, 0.4) is 0 Å². The number of amides is 1. The van der Waals surface area contributed by atoms with Crippen molar-refractivity contribution in [3.63, 3.8) is 0 Å². The molecule has 1 aliphatic rings. The van der Waals surface area contributed by atoms with Gasteiger partial charge in [0.2, 0.25) is 5.91 Å². The van der Waals surface area contributed by atoms with E-state index in [2.05, 4.69) is 0 Å². The molecule has 1 fully saturated rings. The fraction of sp³-hybridized carbons (Fsp3) is 0.588. The van der Waals surface area contributed by atoms with Gasteiger partial charge in [-0.3, -0.25) is 4.79 Å². The molecule has 2 rings (SSSR count). The van der Waals surface area contributed by atoms with Gasteiger partial charge in [0.1, 0.15) is 5.75 Å². The third-order valence-corrected chi connectivity index (χ3v) is 4.51. The smallest absolute Gasteiger partial charge is 0.225 e. The number of carbonyl (C=O) groups is 1. The van der Waals surface area contributed by atoms with Crippen LogP contribution in [-0.2, 0) is 4.79 Å². The van der Waals surface area contributed by atoms with Crippen molar-refractivity contribution >= 4 is 5.91 Å². The number of rotatable bonds is 3. The fourth-order valence-electron chi connectivity index (χ4n) is 2.98. The predicted octanol–water partition coefficient (Wildman–Crippen LogP) is 3.88. The summed E-state index contributed by atoms with van der Waals surface area (Å²) in [6.07, 6.45) is 6.95. The Morgan fingerprint density at radius 1 is 1.15 bits per heavy atom. The minimum Gasteiger partial charge on any atom is -0.508 e. The Hall–Kier alpha value is -1.51. The average molecular weight is 275 g/mol. The number of phenolic OH excluding ortho intramolecular Hbond substituents is 1. The average Bonchev–Trinajstić information content (AvgIpc) is 2.75. The van der Waals surface area contributed by atoms with Gasteiger partial charge in [-0.15, -0.1) is 0 Å². The monoisotopic (exact) mass is 275 g/mol. The van der Waals surface area contributed by atoms with Crippen molar-refractivity contribution < 1.29 is 9.90 Å². The summed E-state index contributed by atoms with van der Waals surface area (Å²) in [5, 5.41) is 9.34. The van der Waals surface area contributed by atoms with E-state index in [0.717, 1.165) is 18.4 Å². The molecule has 0 aliphatic heterocycles. The van der Waals surface area contributed by atoms with Gasteiger partial charge >= 0.3 is 0 Å². The van der Waals surface area contributed by atoms with Crippen molar-refractivity contribution in [1.29, 1.82) is 0 Å². The van der Waals surface area contributed by atoms with Crippen molar-refractivity contribution in [3.05, 3.63) is 29.8 Å². The zero-order valence-corrected chi connectivity index (χ0v) is 12.5. The molecule has 1 aromatic rings. The van der Waals surface area contributed by atoms with E-state index >= 15 is 0 Å². The summed E-state index contributed by atoms with van der Waals surface area (Å²) in [5.41, 5.74) is 1.06. The van der Waals surface area contributed by atoms with Crippen LogP contribution in [0.5, 0.6) is 5.75 Å². The molecule has 0 heterocycles. The van der Waals surface area contributed by atoms with Gasteiger partial charge in [0.05, 0.1) is 6.04 Å². The lowest BCUT2D eigenvalue weighted by atomic mass is 9.97. The maximum Gasteiger partial charge on any atom is 0.225 e. The molecule has 0 bridgehead atoms. The molecule has 0 radical (unpaired) electrons. The van der Waals surface area contributed by atoms with Gasteiger partial charge in [-0.05, 0) is 37.5 Å². The van der Waals surface area contributed by atoms with Crippen molar-refractivity contribution in [3.8, 4) is 5.75 Å². The Balaban J connectivity index is 2.03. The van der Waals surface area contributed by atoms with Gasteiger partial charge < -0.3 is 10.0 Å². The van der Waals surface area contributed by atoms with E-state index in [4.69, 9.17) is 0 Å². The highest BCUT2D eigenvalue weighted by Gasteiger charge is 2.26. The minimum absolute atomic E-state index is 0.0475. The molecule has 1 unspecified atom stereocenters. The number of carbonyl (C=O) groups excluding carboxylic acids is 1. The van der Waals surface area contributed by atoms with E-state index in [1.807, 2.05) is 31.0 Å². The lowest BCUT2D eigenvalue weighted by Gasteiger charge is -2.29. The number of benzene rings is 1. The summed E-state index contributed by atoms with van der Waals surface area (Å²) < 4.78 is 0. The van der Waals surface area contributed by atoms with E-state index < -0.39 is 0 Å². The van der Waals surface area contributed by atoms with Crippen LogP contribution < -0.4 is 0 Å². The van der Waals surface area contributed by atoms with Gasteiger partial charge in [-0.25, -0.2) is 0 Å². The maximum absolute atomic E-state index is 12.6. The molecule has 1 aromatic carbocycles. The van der Waals surface area contributed by atoms with Crippen LogP contribution in [0.4, 0.5) is 0 Å². The largest absolute Gasteiger partial charge is 0.508 e. The highest BCUT2D eigenvalue weighted by atomic mass is 16.3. The molecule has 1 atom stereocenters. The second-order valence-corrected chi connectivity index (χ2v) is 5.91. The molecule has 0 spiro atoms. The Bertz CT molecular complexity index is 433.